The second kappa shape index (κ2) is 8.71. The molecule has 2 N–H and O–H groups in total. The first kappa shape index (κ1) is 19.1. The fourth-order valence-corrected chi connectivity index (χ4v) is 2.49. The lowest BCUT2D eigenvalue weighted by atomic mass is 9.97. The predicted octanol–water partition coefficient (Wildman–Crippen LogP) is 2.06. The molecule has 0 aromatic heterocycles. The van der Waals surface area contributed by atoms with Crippen molar-refractivity contribution in [3.05, 3.63) is 28.8 Å². The summed E-state index contributed by atoms with van der Waals surface area (Å²) in [7, 11) is 0. The van der Waals surface area contributed by atoms with Crippen LogP contribution in [-0.4, -0.2) is 37.2 Å². The Labute approximate surface area is 151 Å². The number of hydrogen-bond donors (Lipinski definition) is 2. The molecule has 0 fully saturated rings. The fourth-order valence-electron chi connectivity index (χ4n) is 2.29. The summed E-state index contributed by atoms with van der Waals surface area (Å²) in [6.45, 7) is 3.37. The van der Waals surface area contributed by atoms with E-state index in [0.717, 1.165) is 12.0 Å². The largest absolute Gasteiger partial charge is 0.492 e. The molecule has 0 unspecified atom stereocenters. The Kier molecular flexibility index (Phi) is 6.64. The Morgan fingerprint density at radius 1 is 1.40 bits per heavy atom. The summed E-state index contributed by atoms with van der Waals surface area (Å²) in [5.41, 5.74) is 0.818. The monoisotopic (exact) mass is 368 g/mol. The smallest absolute Gasteiger partial charge is 0.321 e. The SMILES string of the molecule is CC[C@@H](C)NC(=O)NC(=O)COC(=O)[C@H]1COc2ccc(Cl)cc2C1. The van der Waals surface area contributed by atoms with Crippen LogP contribution in [0.15, 0.2) is 18.2 Å². The van der Waals surface area contributed by atoms with Crippen molar-refractivity contribution in [3.63, 3.8) is 0 Å². The molecule has 8 heteroatoms. The Hall–Kier alpha value is -2.28. The Morgan fingerprint density at radius 3 is 2.88 bits per heavy atom. The quantitative estimate of drug-likeness (QED) is 0.776. The van der Waals surface area contributed by atoms with Crippen LogP contribution in [0.4, 0.5) is 4.79 Å². The van der Waals surface area contributed by atoms with Crippen LogP contribution in [0, 0.1) is 5.92 Å². The lowest BCUT2D eigenvalue weighted by Gasteiger charge is -2.24. The number of amides is 3. The molecule has 0 radical (unpaired) electrons. The van der Waals surface area contributed by atoms with Crippen LogP contribution in [0.3, 0.4) is 0 Å². The molecular formula is C17H21ClN2O5. The maximum Gasteiger partial charge on any atom is 0.321 e. The van der Waals surface area contributed by atoms with Crippen LogP contribution < -0.4 is 15.4 Å². The van der Waals surface area contributed by atoms with Gasteiger partial charge in [-0.15, -0.1) is 0 Å². The van der Waals surface area contributed by atoms with E-state index in [1.807, 2.05) is 13.8 Å². The number of carbonyl (C=O) groups is 3. The molecule has 7 nitrogen and oxygen atoms in total. The highest BCUT2D eigenvalue weighted by Gasteiger charge is 2.28. The Bertz CT molecular complexity index is 664. The molecular weight excluding hydrogens is 348 g/mol. The molecule has 1 aromatic carbocycles. The number of nitrogens with one attached hydrogen (secondary N) is 2. The number of ether oxygens (including phenoxy) is 2. The van der Waals surface area contributed by atoms with Crippen molar-refractivity contribution < 1.29 is 23.9 Å². The maximum absolute atomic E-state index is 12.1. The van der Waals surface area contributed by atoms with E-state index in [2.05, 4.69) is 10.6 Å². The number of carbonyl (C=O) groups excluding carboxylic acids is 3. The minimum Gasteiger partial charge on any atom is -0.492 e. The van der Waals surface area contributed by atoms with Crippen LogP contribution in [0.2, 0.25) is 5.02 Å². The fraction of sp³-hybridized carbons (Fsp3) is 0.471. The van der Waals surface area contributed by atoms with Crippen LogP contribution in [0.1, 0.15) is 25.8 Å². The van der Waals surface area contributed by atoms with Crippen LogP contribution in [-0.2, 0) is 20.7 Å². The number of rotatable bonds is 5. The van der Waals surface area contributed by atoms with E-state index in [9.17, 15) is 14.4 Å². The van der Waals surface area contributed by atoms with Crippen molar-refractivity contribution in [2.45, 2.75) is 32.7 Å². The molecule has 0 spiro atoms. The average Bonchev–Trinajstić information content (AvgIpc) is 2.58. The minimum absolute atomic E-state index is 0.0540. The van der Waals surface area contributed by atoms with Crippen molar-refractivity contribution in [1.29, 1.82) is 0 Å². The number of imide groups is 1. The van der Waals surface area contributed by atoms with Gasteiger partial charge in [-0.3, -0.25) is 14.9 Å². The van der Waals surface area contributed by atoms with Gasteiger partial charge in [0.2, 0.25) is 0 Å². The van der Waals surface area contributed by atoms with Crippen LogP contribution in [0.25, 0.3) is 0 Å². The highest BCUT2D eigenvalue weighted by atomic mass is 35.5. The van der Waals surface area contributed by atoms with Crippen molar-refractivity contribution >= 4 is 29.5 Å². The minimum atomic E-state index is -0.686. The zero-order valence-electron chi connectivity index (χ0n) is 14.1. The van der Waals surface area contributed by atoms with Gasteiger partial charge in [0, 0.05) is 11.1 Å². The molecule has 1 aliphatic rings. The third kappa shape index (κ3) is 5.63. The third-order valence-electron chi connectivity index (χ3n) is 3.85. The third-order valence-corrected chi connectivity index (χ3v) is 4.09. The summed E-state index contributed by atoms with van der Waals surface area (Å²) in [5.74, 6) is -1.07. The second-order valence-electron chi connectivity index (χ2n) is 5.90. The summed E-state index contributed by atoms with van der Waals surface area (Å²) in [6.07, 6.45) is 1.16. The van der Waals surface area contributed by atoms with E-state index >= 15 is 0 Å². The van der Waals surface area contributed by atoms with Gasteiger partial charge in [0.25, 0.3) is 5.91 Å². The van der Waals surface area contributed by atoms with Crippen molar-refractivity contribution in [3.8, 4) is 5.75 Å². The number of fused-ring (bicyclic) bond motifs is 1. The van der Waals surface area contributed by atoms with Gasteiger partial charge in [-0.25, -0.2) is 4.79 Å². The molecule has 1 aromatic rings. The number of esters is 1. The van der Waals surface area contributed by atoms with Gasteiger partial charge in [-0.05, 0) is 43.5 Å². The number of hydrogen-bond acceptors (Lipinski definition) is 5. The standard InChI is InChI=1S/C17H21ClN2O5/c1-3-10(2)19-17(23)20-15(21)9-25-16(22)12-6-11-7-13(18)4-5-14(11)24-8-12/h4-5,7,10,12H,3,6,8-9H2,1-2H3,(H2,19,20,21,23)/t10-,12-/m1/s1. The molecule has 1 heterocycles. The summed E-state index contributed by atoms with van der Waals surface area (Å²) in [4.78, 5) is 35.3. The molecule has 0 aliphatic carbocycles. The highest BCUT2D eigenvalue weighted by molar-refractivity contribution is 6.30. The van der Waals surface area contributed by atoms with E-state index in [0.29, 0.717) is 17.2 Å². The molecule has 2 rings (SSSR count). The van der Waals surface area contributed by atoms with Crippen LogP contribution in [0.5, 0.6) is 5.75 Å². The lowest BCUT2D eigenvalue weighted by Crippen LogP contribution is -2.45. The molecule has 3 amide bonds. The molecule has 0 saturated carbocycles. The maximum atomic E-state index is 12.1. The van der Waals surface area contributed by atoms with Gasteiger partial charge in [-0.1, -0.05) is 18.5 Å². The lowest BCUT2D eigenvalue weighted by molar-refractivity contribution is -0.153. The Morgan fingerprint density at radius 2 is 2.16 bits per heavy atom. The van der Waals surface area contributed by atoms with Crippen LogP contribution >= 0.6 is 11.6 Å². The highest BCUT2D eigenvalue weighted by Crippen LogP contribution is 2.30. The van der Waals surface area contributed by atoms with Gasteiger partial charge in [0.05, 0.1) is 5.92 Å². The Balaban J connectivity index is 1.79. The second-order valence-corrected chi connectivity index (χ2v) is 6.34. The predicted molar refractivity (Wildman–Crippen MR) is 91.5 cm³/mol. The summed E-state index contributed by atoms with van der Waals surface area (Å²) in [5, 5.41) is 5.25. The van der Waals surface area contributed by atoms with Gasteiger partial charge in [0.1, 0.15) is 12.4 Å². The van der Waals surface area contributed by atoms with Gasteiger partial charge in [-0.2, -0.15) is 0 Å². The summed E-state index contributed by atoms with van der Waals surface area (Å²) >= 11 is 5.94. The van der Waals surface area contributed by atoms with Gasteiger partial charge >= 0.3 is 12.0 Å². The van der Waals surface area contributed by atoms with E-state index in [1.54, 1.807) is 18.2 Å². The molecule has 136 valence electrons. The molecule has 0 bridgehead atoms. The summed E-state index contributed by atoms with van der Waals surface area (Å²) < 4.78 is 10.5. The average molecular weight is 369 g/mol. The van der Waals surface area contributed by atoms with Gasteiger partial charge in [0.15, 0.2) is 6.61 Å². The van der Waals surface area contributed by atoms with Crippen molar-refractivity contribution in [1.82, 2.24) is 10.6 Å². The number of benzene rings is 1. The van der Waals surface area contributed by atoms with Crippen molar-refractivity contribution in [2.24, 2.45) is 5.92 Å². The zero-order valence-corrected chi connectivity index (χ0v) is 14.9. The summed E-state index contributed by atoms with van der Waals surface area (Å²) in [6, 6.07) is 4.54. The van der Waals surface area contributed by atoms with Crippen molar-refractivity contribution in [2.75, 3.05) is 13.2 Å². The number of urea groups is 1. The normalized spacial score (nSPS) is 16.8. The first-order valence-electron chi connectivity index (χ1n) is 8.07. The van der Waals surface area contributed by atoms with Gasteiger partial charge < -0.3 is 14.8 Å². The molecule has 1 aliphatic heterocycles. The zero-order chi connectivity index (χ0) is 18.4. The molecule has 2 atom stereocenters. The van der Waals surface area contributed by atoms with E-state index in [-0.39, 0.29) is 12.6 Å². The first-order chi connectivity index (χ1) is 11.9. The first-order valence-corrected chi connectivity index (χ1v) is 8.45. The molecule has 25 heavy (non-hydrogen) atoms. The molecule has 0 saturated heterocycles. The topological polar surface area (TPSA) is 93.7 Å². The van der Waals surface area contributed by atoms with E-state index < -0.39 is 30.4 Å². The number of halogens is 1. The van der Waals surface area contributed by atoms with E-state index in [4.69, 9.17) is 21.1 Å². The van der Waals surface area contributed by atoms with E-state index in [1.165, 1.54) is 0 Å².